The van der Waals surface area contributed by atoms with Gasteiger partial charge in [0.2, 0.25) is 0 Å². The normalized spacial score (nSPS) is 23.7. The number of alkyl halides is 1. The van der Waals surface area contributed by atoms with Gasteiger partial charge in [0, 0.05) is 20.0 Å². The van der Waals surface area contributed by atoms with Crippen LogP contribution in [0, 0.1) is 3.57 Å². The maximum Gasteiger partial charge on any atom is 0.251 e. The quantitative estimate of drug-likeness (QED) is 0.560. The molecule has 5 heteroatoms. The predicted molar refractivity (Wildman–Crippen MR) is 82.0 cm³/mol. The number of hydrogen-bond donors (Lipinski definition) is 1. The van der Waals surface area contributed by atoms with Gasteiger partial charge in [-0.2, -0.15) is 0 Å². The van der Waals surface area contributed by atoms with Crippen LogP contribution in [-0.4, -0.2) is 16.8 Å². The molecule has 2 rings (SSSR count). The van der Waals surface area contributed by atoms with Crippen LogP contribution in [0.3, 0.4) is 0 Å². The summed E-state index contributed by atoms with van der Waals surface area (Å²) in [5, 5.41) is 3.67. The lowest BCUT2D eigenvalue weighted by atomic mass is 10.2. The van der Waals surface area contributed by atoms with E-state index in [0.29, 0.717) is 15.4 Å². The van der Waals surface area contributed by atoms with Gasteiger partial charge >= 0.3 is 0 Å². The number of hydrogen-bond acceptors (Lipinski definition) is 1. The highest BCUT2D eigenvalue weighted by Gasteiger charge is 2.26. The van der Waals surface area contributed by atoms with Gasteiger partial charge in [-0.1, -0.05) is 34.0 Å². The summed E-state index contributed by atoms with van der Waals surface area (Å²) in [5.41, 5.74) is 0.627. The first kappa shape index (κ1) is 13.6. The molecule has 2 unspecified atom stereocenters. The Morgan fingerprint density at radius 1 is 1.47 bits per heavy atom. The van der Waals surface area contributed by atoms with Gasteiger partial charge in [-0.3, -0.25) is 4.79 Å². The zero-order valence-corrected chi connectivity index (χ0v) is 13.5. The Kier molecular flexibility index (Phi) is 4.72. The first-order valence-electron chi connectivity index (χ1n) is 5.48. The zero-order chi connectivity index (χ0) is 12.4. The number of carbonyl (C=O) groups excluding carboxylic acids is 1. The van der Waals surface area contributed by atoms with Crippen molar-refractivity contribution in [1.29, 1.82) is 0 Å². The van der Waals surface area contributed by atoms with Crippen molar-refractivity contribution in [2.24, 2.45) is 0 Å². The second kappa shape index (κ2) is 5.89. The SMILES string of the molecule is O=C(NC1CCCC1Br)c1ccc(I)c(Cl)c1. The molecule has 0 spiro atoms. The molecule has 1 aromatic carbocycles. The van der Waals surface area contributed by atoms with Crippen LogP contribution in [0.2, 0.25) is 5.02 Å². The van der Waals surface area contributed by atoms with Crippen LogP contribution in [0.15, 0.2) is 18.2 Å². The average Bonchev–Trinajstić information content (AvgIpc) is 2.68. The predicted octanol–water partition coefficient (Wildman–Crippen LogP) is 3.99. The minimum atomic E-state index is -0.0420. The lowest BCUT2D eigenvalue weighted by molar-refractivity contribution is 0.0939. The highest BCUT2D eigenvalue weighted by molar-refractivity contribution is 14.1. The molecule has 0 radical (unpaired) electrons. The molecule has 1 N–H and O–H groups in total. The molecule has 1 saturated carbocycles. The van der Waals surface area contributed by atoms with E-state index in [-0.39, 0.29) is 11.9 Å². The maximum atomic E-state index is 12.0. The van der Waals surface area contributed by atoms with Gasteiger partial charge in [0.25, 0.3) is 5.91 Å². The van der Waals surface area contributed by atoms with E-state index in [1.807, 2.05) is 6.07 Å². The minimum absolute atomic E-state index is 0.0420. The zero-order valence-electron chi connectivity index (χ0n) is 9.05. The van der Waals surface area contributed by atoms with Gasteiger partial charge in [-0.25, -0.2) is 0 Å². The van der Waals surface area contributed by atoms with Crippen molar-refractivity contribution < 1.29 is 4.79 Å². The van der Waals surface area contributed by atoms with E-state index in [1.165, 1.54) is 0 Å². The Morgan fingerprint density at radius 2 is 2.24 bits per heavy atom. The van der Waals surface area contributed by atoms with Crippen LogP contribution in [0.1, 0.15) is 29.6 Å². The number of rotatable bonds is 2. The Hall–Kier alpha value is 0.190. The Labute approximate surface area is 128 Å². The van der Waals surface area contributed by atoms with E-state index < -0.39 is 0 Å². The third kappa shape index (κ3) is 3.35. The van der Waals surface area contributed by atoms with Crippen molar-refractivity contribution >= 4 is 56.0 Å². The summed E-state index contributed by atoms with van der Waals surface area (Å²) in [4.78, 5) is 12.4. The number of halogens is 3. The monoisotopic (exact) mass is 427 g/mol. The Morgan fingerprint density at radius 3 is 2.82 bits per heavy atom. The summed E-state index contributed by atoms with van der Waals surface area (Å²) >= 11 is 11.7. The lowest BCUT2D eigenvalue weighted by Gasteiger charge is -2.16. The van der Waals surface area contributed by atoms with Crippen LogP contribution < -0.4 is 5.32 Å². The molecule has 1 aliphatic rings. The van der Waals surface area contributed by atoms with Crippen LogP contribution in [-0.2, 0) is 0 Å². The first-order valence-corrected chi connectivity index (χ1v) is 7.85. The summed E-state index contributed by atoms with van der Waals surface area (Å²) < 4.78 is 0.958. The van der Waals surface area contributed by atoms with Crippen LogP contribution >= 0.6 is 50.1 Å². The summed E-state index contributed by atoms with van der Waals surface area (Å²) in [7, 11) is 0. The highest BCUT2D eigenvalue weighted by Crippen LogP contribution is 2.26. The van der Waals surface area contributed by atoms with Crippen LogP contribution in [0.25, 0.3) is 0 Å². The van der Waals surface area contributed by atoms with Gasteiger partial charge in [0.15, 0.2) is 0 Å². The largest absolute Gasteiger partial charge is 0.348 e. The van der Waals surface area contributed by atoms with E-state index in [2.05, 4.69) is 43.8 Å². The summed E-state index contributed by atoms with van der Waals surface area (Å²) in [6, 6.07) is 5.62. The topological polar surface area (TPSA) is 29.1 Å². The molecule has 1 aliphatic carbocycles. The van der Waals surface area contributed by atoms with Crippen molar-refractivity contribution in [2.75, 3.05) is 0 Å². The summed E-state index contributed by atoms with van der Waals surface area (Å²) in [6.45, 7) is 0. The first-order chi connectivity index (χ1) is 8.08. The molecule has 0 aromatic heterocycles. The van der Waals surface area contributed by atoms with E-state index in [4.69, 9.17) is 11.6 Å². The fourth-order valence-electron chi connectivity index (χ4n) is 1.97. The maximum absolute atomic E-state index is 12.0. The molecule has 2 atom stereocenters. The average molecular weight is 428 g/mol. The minimum Gasteiger partial charge on any atom is -0.348 e. The van der Waals surface area contributed by atoms with Gasteiger partial charge in [0.1, 0.15) is 0 Å². The highest BCUT2D eigenvalue weighted by atomic mass is 127. The number of benzene rings is 1. The number of carbonyl (C=O) groups is 1. The molecule has 0 aliphatic heterocycles. The van der Waals surface area contributed by atoms with E-state index in [0.717, 1.165) is 22.8 Å². The van der Waals surface area contributed by atoms with Gasteiger partial charge in [0.05, 0.1) is 5.02 Å². The molecular weight excluding hydrogens is 416 g/mol. The summed E-state index contributed by atoms with van der Waals surface area (Å²) in [5.74, 6) is -0.0420. The Bertz CT molecular complexity index is 441. The number of amides is 1. The van der Waals surface area contributed by atoms with Crippen molar-refractivity contribution in [2.45, 2.75) is 30.1 Å². The van der Waals surface area contributed by atoms with Crippen molar-refractivity contribution in [3.63, 3.8) is 0 Å². The second-order valence-corrected chi connectivity index (χ2v) is 6.90. The molecule has 0 heterocycles. The molecule has 1 amide bonds. The van der Waals surface area contributed by atoms with Crippen molar-refractivity contribution in [3.05, 3.63) is 32.4 Å². The lowest BCUT2D eigenvalue weighted by Crippen LogP contribution is -2.37. The van der Waals surface area contributed by atoms with Crippen molar-refractivity contribution in [1.82, 2.24) is 5.32 Å². The second-order valence-electron chi connectivity index (χ2n) is 4.16. The third-order valence-electron chi connectivity index (χ3n) is 2.93. The molecule has 0 saturated heterocycles. The third-order valence-corrected chi connectivity index (χ3v) is 5.60. The summed E-state index contributed by atoms with van der Waals surface area (Å²) in [6.07, 6.45) is 3.33. The molecule has 92 valence electrons. The molecule has 1 aromatic rings. The molecule has 17 heavy (non-hydrogen) atoms. The van der Waals surface area contributed by atoms with Crippen LogP contribution in [0.4, 0.5) is 0 Å². The van der Waals surface area contributed by atoms with Gasteiger partial charge in [-0.15, -0.1) is 0 Å². The van der Waals surface area contributed by atoms with Crippen LogP contribution in [0.5, 0.6) is 0 Å². The molecule has 0 bridgehead atoms. The molecule has 1 fully saturated rings. The van der Waals surface area contributed by atoms with E-state index in [1.54, 1.807) is 12.1 Å². The van der Waals surface area contributed by atoms with E-state index in [9.17, 15) is 4.79 Å². The standard InChI is InChI=1S/C12H12BrClINO/c13-8-2-1-3-11(8)16-12(17)7-4-5-10(15)9(14)6-7/h4-6,8,11H,1-3H2,(H,16,17). The van der Waals surface area contributed by atoms with Gasteiger partial charge < -0.3 is 5.32 Å². The smallest absolute Gasteiger partial charge is 0.251 e. The fraction of sp³-hybridized carbons (Fsp3) is 0.417. The van der Waals surface area contributed by atoms with Crippen molar-refractivity contribution in [3.8, 4) is 0 Å². The van der Waals surface area contributed by atoms with Gasteiger partial charge in [-0.05, 0) is 53.6 Å². The molecular formula is C12H12BrClINO. The Balaban J connectivity index is 2.06. The van der Waals surface area contributed by atoms with E-state index >= 15 is 0 Å². The number of nitrogens with one attached hydrogen (secondary N) is 1. The fourth-order valence-corrected chi connectivity index (χ4v) is 3.20. The molecule has 2 nitrogen and oxygen atoms in total.